The van der Waals surface area contributed by atoms with Crippen LogP contribution in [-0.2, 0) is 6.54 Å². The third kappa shape index (κ3) is 3.34. The average molecular weight is 419 g/mol. The van der Waals surface area contributed by atoms with Crippen molar-refractivity contribution in [1.29, 1.82) is 0 Å². The molecule has 1 fully saturated rings. The second-order valence-electron chi connectivity index (χ2n) is 8.34. The summed E-state index contributed by atoms with van der Waals surface area (Å²) in [5.74, 6) is 1.00. The van der Waals surface area contributed by atoms with E-state index in [4.69, 9.17) is 4.42 Å². The summed E-state index contributed by atoms with van der Waals surface area (Å²) in [6, 6.07) is 13.2. The fraction of sp³-hybridized carbons (Fsp3) is 0.304. The van der Waals surface area contributed by atoms with Crippen LogP contribution in [0.1, 0.15) is 34.2 Å². The Kier molecular flexibility index (Phi) is 4.50. The summed E-state index contributed by atoms with van der Waals surface area (Å²) in [4.78, 5) is 37.7. The number of hydrogen-bond acceptors (Lipinski definition) is 5. The van der Waals surface area contributed by atoms with Gasteiger partial charge in [0.05, 0.1) is 4.92 Å². The molecule has 8 nitrogen and oxygen atoms in total. The van der Waals surface area contributed by atoms with Crippen LogP contribution < -0.4 is 5.56 Å². The van der Waals surface area contributed by atoms with E-state index in [-0.39, 0.29) is 29.0 Å². The van der Waals surface area contributed by atoms with Gasteiger partial charge in [-0.15, -0.1) is 0 Å². The van der Waals surface area contributed by atoms with Gasteiger partial charge in [0.15, 0.2) is 5.76 Å². The Morgan fingerprint density at radius 3 is 2.65 bits per heavy atom. The minimum Gasteiger partial charge on any atom is -0.451 e. The molecule has 0 saturated carbocycles. The van der Waals surface area contributed by atoms with Gasteiger partial charge in [-0.1, -0.05) is 6.07 Å². The molecule has 2 atom stereocenters. The van der Waals surface area contributed by atoms with Crippen molar-refractivity contribution in [2.24, 2.45) is 5.92 Å². The second kappa shape index (κ2) is 7.23. The number of pyridine rings is 1. The summed E-state index contributed by atoms with van der Waals surface area (Å²) in [6.45, 7) is 3.58. The zero-order valence-corrected chi connectivity index (χ0v) is 17.0. The average Bonchev–Trinajstić information content (AvgIpc) is 3.15. The molecule has 2 aliphatic heterocycles. The molecule has 31 heavy (non-hydrogen) atoms. The molecule has 1 amide bonds. The molecular formula is C23H21N3O5. The molecule has 4 heterocycles. The summed E-state index contributed by atoms with van der Waals surface area (Å²) < 4.78 is 7.75. The molecule has 2 unspecified atom stereocenters. The lowest BCUT2D eigenvalue weighted by atomic mass is 9.83. The van der Waals surface area contributed by atoms with Crippen molar-refractivity contribution in [1.82, 2.24) is 9.47 Å². The normalized spacial score (nSPS) is 19.7. The molecule has 2 aliphatic rings. The molecule has 0 N–H and O–H groups in total. The molecule has 2 bridgehead atoms. The number of aromatic nitrogens is 1. The van der Waals surface area contributed by atoms with E-state index >= 15 is 0 Å². The predicted octanol–water partition coefficient (Wildman–Crippen LogP) is 3.58. The third-order valence-electron chi connectivity index (χ3n) is 6.24. The Hall–Kier alpha value is -3.68. The highest BCUT2D eigenvalue weighted by Crippen LogP contribution is 2.36. The standard InChI is InChI=1S/C23H21N3O5/c1-14-9-20(16-5-7-18(8-6-16)26(29)30)31-22(14)23(28)24-11-15-10-17(13-24)19-3-2-4-21(27)25(19)12-15/h2-9,15,17H,10-13H2,1H3. The van der Waals surface area contributed by atoms with Crippen LogP contribution in [0.2, 0.25) is 0 Å². The smallest absolute Gasteiger partial charge is 0.289 e. The topological polar surface area (TPSA) is 98.6 Å². The zero-order chi connectivity index (χ0) is 21.7. The number of piperidine rings is 1. The van der Waals surface area contributed by atoms with Crippen LogP contribution in [-0.4, -0.2) is 33.4 Å². The number of nitrogens with zero attached hydrogens (tertiary/aromatic N) is 3. The van der Waals surface area contributed by atoms with E-state index < -0.39 is 4.92 Å². The lowest BCUT2D eigenvalue weighted by Gasteiger charge is -2.42. The van der Waals surface area contributed by atoms with E-state index in [0.717, 1.165) is 17.7 Å². The van der Waals surface area contributed by atoms with Crippen molar-refractivity contribution >= 4 is 11.6 Å². The van der Waals surface area contributed by atoms with Gasteiger partial charge >= 0.3 is 0 Å². The molecule has 3 aromatic rings. The zero-order valence-electron chi connectivity index (χ0n) is 17.0. The number of benzene rings is 1. The first-order chi connectivity index (χ1) is 14.9. The van der Waals surface area contributed by atoms with Gasteiger partial charge in [0, 0.05) is 60.6 Å². The fourth-order valence-corrected chi connectivity index (χ4v) is 4.79. The Balaban J connectivity index is 1.40. The number of nitro benzene ring substituents is 1. The van der Waals surface area contributed by atoms with E-state index in [9.17, 15) is 19.7 Å². The Morgan fingerprint density at radius 1 is 1.13 bits per heavy atom. The Morgan fingerprint density at radius 2 is 1.90 bits per heavy atom. The van der Waals surface area contributed by atoms with Gasteiger partial charge in [-0.3, -0.25) is 19.7 Å². The molecule has 0 spiro atoms. The van der Waals surface area contributed by atoms with E-state index in [1.807, 2.05) is 22.5 Å². The number of nitro groups is 1. The number of furan rings is 1. The highest BCUT2D eigenvalue weighted by atomic mass is 16.6. The van der Waals surface area contributed by atoms with Crippen LogP contribution in [0.25, 0.3) is 11.3 Å². The van der Waals surface area contributed by atoms with Crippen molar-refractivity contribution in [3.8, 4) is 11.3 Å². The van der Waals surface area contributed by atoms with Gasteiger partial charge in [-0.25, -0.2) is 0 Å². The van der Waals surface area contributed by atoms with E-state index in [1.165, 1.54) is 12.1 Å². The molecule has 2 aromatic heterocycles. The maximum Gasteiger partial charge on any atom is 0.289 e. The van der Waals surface area contributed by atoms with Crippen molar-refractivity contribution in [2.75, 3.05) is 13.1 Å². The number of hydrogen-bond donors (Lipinski definition) is 0. The quantitative estimate of drug-likeness (QED) is 0.477. The van der Waals surface area contributed by atoms with Crippen molar-refractivity contribution < 1.29 is 14.1 Å². The molecule has 8 heteroatoms. The lowest BCUT2D eigenvalue weighted by molar-refractivity contribution is -0.384. The summed E-state index contributed by atoms with van der Waals surface area (Å²) >= 11 is 0. The van der Waals surface area contributed by atoms with Crippen molar-refractivity contribution in [3.63, 3.8) is 0 Å². The highest BCUT2D eigenvalue weighted by molar-refractivity contribution is 5.93. The number of non-ortho nitro benzene ring substituents is 1. The Bertz CT molecular complexity index is 1240. The van der Waals surface area contributed by atoms with E-state index in [1.54, 1.807) is 30.3 Å². The first-order valence-corrected chi connectivity index (χ1v) is 10.2. The second-order valence-corrected chi connectivity index (χ2v) is 8.34. The van der Waals surface area contributed by atoms with Crippen LogP contribution in [0, 0.1) is 23.0 Å². The number of amides is 1. The van der Waals surface area contributed by atoms with Crippen molar-refractivity contribution in [3.05, 3.63) is 86.0 Å². The lowest BCUT2D eigenvalue weighted by Crippen LogP contribution is -2.49. The largest absolute Gasteiger partial charge is 0.451 e. The molecule has 1 saturated heterocycles. The molecular weight excluding hydrogens is 398 g/mol. The Labute approximate surface area is 177 Å². The van der Waals surface area contributed by atoms with Crippen molar-refractivity contribution in [2.45, 2.75) is 25.8 Å². The first kappa shape index (κ1) is 19.3. The maximum atomic E-state index is 13.3. The maximum absolute atomic E-state index is 13.3. The van der Waals surface area contributed by atoms with E-state index in [2.05, 4.69) is 0 Å². The molecule has 0 radical (unpaired) electrons. The van der Waals surface area contributed by atoms with Gasteiger partial charge in [-0.05, 0) is 43.5 Å². The SMILES string of the molecule is Cc1cc(-c2ccc([N+](=O)[O-])cc2)oc1C(=O)N1CC2CC(C1)c1cccc(=O)n1C2. The summed E-state index contributed by atoms with van der Waals surface area (Å²) in [5.41, 5.74) is 2.41. The molecule has 158 valence electrons. The summed E-state index contributed by atoms with van der Waals surface area (Å²) in [6.07, 6.45) is 0.971. The highest BCUT2D eigenvalue weighted by Gasteiger charge is 2.37. The van der Waals surface area contributed by atoms with Gasteiger partial charge in [0.25, 0.3) is 17.2 Å². The number of likely N-dealkylation sites (tertiary alicyclic amines) is 1. The van der Waals surface area contributed by atoms with Gasteiger partial charge in [0.1, 0.15) is 5.76 Å². The molecule has 1 aromatic carbocycles. The fourth-order valence-electron chi connectivity index (χ4n) is 4.79. The first-order valence-electron chi connectivity index (χ1n) is 10.2. The third-order valence-corrected chi connectivity index (χ3v) is 6.24. The van der Waals surface area contributed by atoms with Crippen LogP contribution in [0.15, 0.2) is 57.7 Å². The number of fused-ring (bicyclic) bond motifs is 4. The minimum absolute atomic E-state index is 0.00238. The number of carbonyl (C=O) groups is 1. The number of aryl methyl sites for hydroxylation is 1. The van der Waals surface area contributed by atoms with Crippen LogP contribution in [0.4, 0.5) is 5.69 Å². The van der Waals surface area contributed by atoms with Crippen LogP contribution in [0.3, 0.4) is 0 Å². The van der Waals surface area contributed by atoms with Gasteiger partial charge in [0.2, 0.25) is 0 Å². The monoisotopic (exact) mass is 419 g/mol. The van der Waals surface area contributed by atoms with Crippen LogP contribution >= 0.6 is 0 Å². The van der Waals surface area contributed by atoms with E-state index in [0.29, 0.717) is 36.7 Å². The number of rotatable bonds is 3. The van der Waals surface area contributed by atoms with Gasteiger partial charge < -0.3 is 13.9 Å². The number of carbonyl (C=O) groups excluding carboxylic acids is 1. The summed E-state index contributed by atoms with van der Waals surface area (Å²) in [7, 11) is 0. The van der Waals surface area contributed by atoms with Crippen LogP contribution in [0.5, 0.6) is 0 Å². The summed E-state index contributed by atoms with van der Waals surface area (Å²) in [5, 5.41) is 10.9. The molecule has 5 rings (SSSR count). The minimum atomic E-state index is -0.453. The predicted molar refractivity (Wildman–Crippen MR) is 113 cm³/mol. The molecule has 0 aliphatic carbocycles. The van der Waals surface area contributed by atoms with Gasteiger partial charge in [-0.2, -0.15) is 0 Å².